The van der Waals surface area contributed by atoms with Gasteiger partial charge in [0.25, 0.3) is 11.5 Å². The first-order valence-electron chi connectivity index (χ1n) is 8.03. The van der Waals surface area contributed by atoms with Crippen LogP contribution in [0.25, 0.3) is 0 Å². The van der Waals surface area contributed by atoms with Crippen LogP contribution in [0.4, 0.5) is 0 Å². The normalized spacial score (nSPS) is 26.1. The molecule has 2 aliphatic rings. The lowest BCUT2D eigenvalue weighted by Gasteiger charge is -2.16. The fraction of sp³-hybridized carbons (Fsp3) is 0.688. The van der Waals surface area contributed by atoms with Gasteiger partial charge in [-0.15, -0.1) is 0 Å². The molecule has 1 amide bonds. The fourth-order valence-corrected chi connectivity index (χ4v) is 3.03. The molecule has 2 atom stereocenters. The van der Waals surface area contributed by atoms with Gasteiger partial charge in [-0.25, -0.2) is 4.98 Å². The molecule has 2 fully saturated rings. The smallest absolute Gasteiger partial charge is 0.263 e. The highest BCUT2D eigenvalue weighted by molar-refractivity contribution is 5.93. The van der Waals surface area contributed by atoms with E-state index < -0.39 is 0 Å². The van der Waals surface area contributed by atoms with Crippen LogP contribution >= 0.6 is 0 Å². The van der Waals surface area contributed by atoms with Gasteiger partial charge in [0.15, 0.2) is 0 Å². The topological polar surface area (TPSA) is 74.8 Å². The zero-order chi connectivity index (χ0) is 14.8. The predicted octanol–water partition coefficient (Wildman–Crippen LogP) is 2.35. The summed E-state index contributed by atoms with van der Waals surface area (Å²) in [6.45, 7) is 2.26. The maximum absolute atomic E-state index is 12.3. The predicted molar refractivity (Wildman–Crippen MR) is 80.3 cm³/mol. The number of hydrogen-bond acceptors (Lipinski definition) is 3. The van der Waals surface area contributed by atoms with Crippen molar-refractivity contribution in [3.8, 4) is 0 Å². The van der Waals surface area contributed by atoms with Crippen LogP contribution in [0.5, 0.6) is 0 Å². The molecule has 2 unspecified atom stereocenters. The Balaban J connectivity index is 1.66. The molecule has 0 aliphatic heterocycles. The highest BCUT2D eigenvalue weighted by atomic mass is 16.2. The van der Waals surface area contributed by atoms with E-state index in [0.29, 0.717) is 5.92 Å². The minimum atomic E-state index is -0.314. The number of nitrogens with zero attached hydrogens (tertiary/aromatic N) is 1. The molecule has 0 bridgehead atoms. The average molecular weight is 289 g/mol. The van der Waals surface area contributed by atoms with Crippen molar-refractivity contribution in [2.24, 2.45) is 5.92 Å². The summed E-state index contributed by atoms with van der Waals surface area (Å²) < 4.78 is 0. The highest BCUT2D eigenvalue weighted by Gasteiger charge is 2.27. The van der Waals surface area contributed by atoms with Crippen molar-refractivity contribution in [2.75, 3.05) is 0 Å². The van der Waals surface area contributed by atoms with Crippen molar-refractivity contribution < 1.29 is 4.79 Å². The van der Waals surface area contributed by atoms with E-state index in [1.807, 2.05) is 0 Å². The third kappa shape index (κ3) is 3.52. The van der Waals surface area contributed by atoms with Gasteiger partial charge in [0, 0.05) is 18.2 Å². The SMILES string of the molecule is CC1CCCC(NC(=O)c2cnc(C3CC3)[nH]c2=O)CC1. The first-order valence-corrected chi connectivity index (χ1v) is 8.03. The van der Waals surface area contributed by atoms with Crippen LogP contribution in [0.15, 0.2) is 11.0 Å². The zero-order valence-corrected chi connectivity index (χ0v) is 12.5. The number of rotatable bonds is 3. The second-order valence-corrected chi connectivity index (χ2v) is 6.57. The molecule has 0 radical (unpaired) electrons. The summed E-state index contributed by atoms with van der Waals surface area (Å²) in [6.07, 6.45) is 9.09. The number of hydrogen-bond donors (Lipinski definition) is 2. The second-order valence-electron chi connectivity index (χ2n) is 6.57. The second kappa shape index (κ2) is 6.00. The molecule has 0 saturated heterocycles. The minimum Gasteiger partial charge on any atom is -0.349 e. The standard InChI is InChI=1S/C16H23N3O2/c1-10-3-2-4-12(8-5-10)18-15(20)13-9-17-14(11-6-7-11)19-16(13)21/h9-12H,2-8H2,1H3,(H,18,20)(H,17,19,21). The van der Waals surface area contributed by atoms with Gasteiger partial charge in [0.05, 0.1) is 0 Å². The molecule has 2 saturated carbocycles. The average Bonchev–Trinajstić information content (AvgIpc) is 3.28. The van der Waals surface area contributed by atoms with Crippen molar-refractivity contribution in [1.82, 2.24) is 15.3 Å². The number of aromatic nitrogens is 2. The van der Waals surface area contributed by atoms with Crippen molar-refractivity contribution in [3.05, 3.63) is 27.9 Å². The molecular formula is C16H23N3O2. The van der Waals surface area contributed by atoms with Gasteiger partial charge in [0.2, 0.25) is 0 Å². The Morgan fingerprint density at radius 2 is 2.05 bits per heavy atom. The van der Waals surface area contributed by atoms with E-state index in [9.17, 15) is 9.59 Å². The van der Waals surface area contributed by atoms with Crippen LogP contribution in [-0.4, -0.2) is 21.9 Å². The molecule has 0 spiro atoms. The molecule has 5 nitrogen and oxygen atoms in total. The number of carbonyl (C=O) groups excluding carboxylic acids is 1. The van der Waals surface area contributed by atoms with E-state index in [1.165, 1.54) is 12.6 Å². The van der Waals surface area contributed by atoms with Crippen molar-refractivity contribution >= 4 is 5.91 Å². The maximum atomic E-state index is 12.3. The Labute approximate surface area is 124 Å². The Hall–Kier alpha value is -1.65. The third-order valence-electron chi connectivity index (χ3n) is 4.62. The first kappa shape index (κ1) is 14.3. The summed E-state index contributed by atoms with van der Waals surface area (Å²) >= 11 is 0. The van der Waals surface area contributed by atoms with Crippen LogP contribution < -0.4 is 10.9 Å². The Morgan fingerprint density at radius 1 is 1.24 bits per heavy atom. The fourth-order valence-electron chi connectivity index (χ4n) is 3.03. The third-order valence-corrected chi connectivity index (χ3v) is 4.62. The first-order chi connectivity index (χ1) is 10.1. The molecule has 3 rings (SSSR count). The molecule has 2 aliphatic carbocycles. The molecule has 2 N–H and O–H groups in total. The van der Waals surface area contributed by atoms with E-state index >= 15 is 0 Å². The van der Waals surface area contributed by atoms with Crippen molar-refractivity contribution in [1.29, 1.82) is 0 Å². The maximum Gasteiger partial charge on any atom is 0.263 e. The van der Waals surface area contributed by atoms with Crippen LogP contribution in [0, 0.1) is 5.92 Å². The largest absolute Gasteiger partial charge is 0.349 e. The zero-order valence-electron chi connectivity index (χ0n) is 12.5. The van der Waals surface area contributed by atoms with Gasteiger partial charge in [-0.05, 0) is 38.0 Å². The highest BCUT2D eigenvalue weighted by Crippen LogP contribution is 2.37. The van der Waals surface area contributed by atoms with Gasteiger partial charge >= 0.3 is 0 Å². The summed E-state index contributed by atoms with van der Waals surface area (Å²) in [5.41, 5.74) is -0.178. The molecule has 21 heavy (non-hydrogen) atoms. The lowest BCUT2D eigenvalue weighted by Crippen LogP contribution is -2.37. The molecule has 0 aromatic carbocycles. The van der Waals surface area contributed by atoms with Crippen LogP contribution in [0.3, 0.4) is 0 Å². The Kier molecular flexibility index (Phi) is 4.08. The Morgan fingerprint density at radius 3 is 2.76 bits per heavy atom. The summed E-state index contributed by atoms with van der Waals surface area (Å²) in [5.74, 6) is 1.55. The molecule has 1 aromatic heterocycles. The minimum absolute atomic E-state index is 0.136. The van der Waals surface area contributed by atoms with E-state index in [4.69, 9.17) is 0 Å². The number of amides is 1. The van der Waals surface area contributed by atoms with E-state index in [1.54, 1.807) is 0 Å². The van der Waals surface area contributed by atoms with Gasteiger partial charge in [0.1, 0.15) is 11.4 Å². The Bertz CT molecular complexity index is 577. The molecule has 1 heterocycles. The van der Waals surface area contributed by atoms with Gasteiger partial charge in [-0.3, -0.25) is 9.59 Å². The van der Waals surface area contributed by atoms with Gasteiger partial charge in [-0.2, -0.15) is 0 Å². The monoisotopic (exact) mass is 289 g/mol. The van der Waals surface area contributed by atoms with Gasteiger partial charge in [-0.1, -0.05) is 19.8 Å². The molecule has 1 aromatic rings. The molecule has 114 valence electrons. The van der Waals surface area contributed by atoms with Crippen molar-refractivity contribution in [3.63, 3.8) is 0 Å². The lowest BCUT2D eigenvalue weighted by atomic mass is 10.0. The summed E-state index contributed by atoms with van der Waals surface area (Å²) in [4.78, 5) is 31.2. The van der Waals surface area contributed by atoms with Crippen LogP contribution in [0.2, 0.25) is 0 Å². The van der Waals surface area contributed by atoms with E-state index in [-0.39, 0.29) is 23.1 Å². The molecular weight excluding hydrogens is 266 g/mol. The summed E-state index contributed by atoms with van der Waals surface area (Å²) in [6, 6.07) is 0.185. The quantitative estimate of drug-likeness (QED) is 0.839. The summed E-state index contributed by atoms with van der Waals surface area (Å²) in [5, 5.41) is 3.00. The number of H-pyrrole nitrogens is 1. The number of aromatic amines is 1. The number of carbonyl (C=O) groups is 1. The lowest BCUT2D eigenvalue weighted by molar-refractivity contribution is 0.0931. The van der Waals surface area contributed by atoms with Gasteiger partial charge < -0.3 is 10.3 Å². The van der Waals surface area contributed by atoms with E-state index in [0.717, 1.165) is 50.3 Å². The summed E-state index contributed by atoms with van der Waals surface area (Å²) in [7, 11) is 0. The van der Waals surface area contributed by atoms with Crippen LogP contribution in [0.1, 0.15) is 74.0 Å². The van der Waals surface area contributed by atoms with Crippen LogP contribution in [-0.2, 0) is 0 Å². The van der Waals surface area contributed by atoms with E-state index in [2.05, 4.69) is 22.2 Å². The molecule has 5 heteroatoms. The number of nitrogens with one attached hydrogen (secondary N) is 2. The van der Waals surface area contributed by atoms with Crippen molar-refractivity contribution in [2.45, 2.75) is 63.8 Å².